The maximum absolute atomic E-state index is 12.0. The first kappa shape index (κ1) is 16.6. The number of aromatic nitrogens is 2. The van der Waals surface area contributed by atoms with Crippen molar-refractivity contribution in [3.63, 3.8) is 0 Å². The van der Waals surface area contributed by atoms with Crippen LogP contribution < -0.4 is 5.32 Å². The Morgan fingerprint density at radius 1 is 1.27 bits per heavy atom. The molecule has 1 amide bonds. The van der Waals surface area contributed by atoms with Crippen LogP contribution in [0.4, 0.5) is 0 Å². The summed E-state index contributed by atoms with van der Waals surface area (Å²) in [5.74, 6) is 0.00987. The Labute approximate surface area is 137 Å². The van der Waals surface area contributed by atoms with Gasteiger partial charge in [-0.15, -0.1) is 10.2 Å². The number of hydrogen-bond donors (Lipinski definition) is 1. The van der Waals surface area contributed by atoms with Crippen molar-refractivity contribution in [3.05, 3.63) is 40.9 Å². The summed E-state index contributed by atoms with van der Waals surface area (Å²) in [4.78, 5) is 23.7. The SMILES string of the molecule is CC(=O)[C@@H](Cc1ccccc1)NC(=O)CSc1nnc(C)s1. The molecular weight excluding hydrogens is 318 g/mol. The number of nitrogens with one attached hydrogen (secondary N) is 1. The first-order valence-corrected chi connectivity index (χ1v) is 8.61. The summed E-state index contributed by atoms with van der Waals surface area (Å²) in [7, 11) is 0. The maximum Gasteiger partial charge on any atom is 0.231 e. The zero-order valence-corrected chi connectivity index (χ0v) is 14.0. The molecule has 22 heavy (non-hydrogen) atoms. The molecule has 116 valence electrons. The second-order valence-corrected chi connectivity index (χ2v) is 7.20. The molecule has 0 aliphatic heterocycles. The van der Waals surface area contributed by atoms with Gasteiger partial charge in [0.2, 0.25) is 5.91 Å². The molecule has 0 bridgehead atoms. The van der Waals surface area contributed by atoms with Crippen LogP contribution in [0.5, 0.6) is 0 Å². The molecule has 1 heterocycles. The van der Waals surface area contributed by atoms with E-state index in [9.17, 15) is 9.59 Å². The number of benzene rings is 1. The molecule has 2 rings (SSSR count). The minimum absolute atomic E-state index is 0.0473. The van der Waals surface area contributed by atoms with Crippen LogP contribution in [-0.4, -0.2) is 33.7 Å². The van der Waals surface area contributed by atoms with Crippen molar-refractivity contribution >= 4 is 34.8 Å². The van der Waals surface area contributed by atoms with Crippen LogP contribution in [0.2, 0.25) is 0 Å². The van der Waals surface area contributed by atoms with E-state index in [-0.39, 0.29) is 17.4 Å². The quantitative estimate of drug-likeness (QED) is 0.786. The number of carbonyl (C=O) groups excluding carboxylic acids is 2. The van der Waals surface area contributed by atoms with Gasteiger partial charge in [0, 0.05) is 0 Å². The van der Waals surface area contributed by atoms with Crippen molar-refractivity contribution in [1.29, 1.82) is 0 Å². The average Bonchev–Trinajstić information content (AvgIpc) is 2.91. The summed E-state index contributed by atoms with van der Waals surface area (Å²) in [6, 6.07) is 9.16. The number of rotatable bonds is 7. The van der Waals surface area contributed by atoms with Crippen molar-refractivity contribution in [3.8, 4) is 0 Å². The smallest absolute Gasteiger partial charge is 0.231 e. The second kappa shape index (κ2) is 8.05. The number of hydrogen-bond acceptors (Lipinski definition) is 6. The van der Waals surface area contributed by atoms with Crippen molar-refractivity contribution in [2.75, 3.05) is 5.75 Å². The predicted octanol–water partition coefficient (Wildman–Crippen LogP) is 2.26. The fourth-order valence-electron chi connectivity index (χ4n) is 1.85. The third kappa shape index (κ3) is 5.23. The predicted molar refractivity (Wildman–Crippen MR) is 88.1 cm³/mol. The van der Waals surface area contributed by atoms with Crippen molar-refractivity contribution in [1.82, 2.24) is 15.5 Å². The van der Waals surface area contributed by atoms with Gasteiger partial charge in [0.15, 0.2) is 10.1 Å². The van der Waals surface area contributed by atoms with Gasteiger partial charge in [0.1, 0.15) is 5.01 Å². The van der Waals surface area contributed by atoms with Crippen molar-refractivity contribution < 1.29 is 9.59 Å². The maximum atomic E-state index is 12.0. The lowest BCUT2D eigenvalue weighted by atomic mass is 10.0. The fraction of sp³-hybridized carbons (Fsp3) is 0.333. The molecule has 0 aliphatic rings. The molecular formula is C15H17N3O2S2. The van der Waals surface area contributed by atoms with Crippen molar-refractivity contribution in [2.45, 2.75) is 30.6 Å². The number of thioether (sulfide) groups is 1. The highest BCUT2D eigenvalue weighted by Gasteiger charge is 2.18. The van der Waals surface area contributed by atoms with Gasteiger partial charge in [-0.25, -0.2) is 0 Å². The summed E-state index contributed by atoms with van der Waals surface area (Å²) in [5, 5.41) is 11.5. The Kier molecular flexibility index (Phi) is 6.09. The van der Waals surface area contributed by atoms with Crippen molar-refractivity contribution in [2.24, 2.45) is 0 Å². The van der Waals surface area contributed by atoms with Crippen LogP contribution in [0.15, 0.2) is 34.7 Å². The average molecular weight is 335 g/mol. The van der Waals surface area contributed by atoms with Crippen LogP contribution >= 0.6 is 23.1 Å². The molecule has 5 nitrogen and oxygen atoms in total. The Morgan fingerprint density at radius 3 is 2.59 bits per heavy atom. The van der Waals surface area contributed by atoms with E-state index in [1.54, 1.807) is 0 Å². The molecule has 2 aromatic rings. The minimum atomic E-state index is -0.494. The standard InChI is InChI=1S/C15H17N3O2S2/c1-10(19)13(8-12-6-4-3-5-7-12)16-14(20)9-21-15-18-17-11(2)22-15/h3-7,13H,8-9H2,1-2H3,(H,16,20)/t13-/m1/s1. The number of amides is 1. The van der Waals surface area contributed by atoms with Crippen LogP contribution in [0.1, 0.15) is 17.5 Å². The van der Waals surface area contributed by atoms with E-state index in [1.165, 1.54) is 30.0 Å². The number of nitrogens with zero attached hydrogens (tertiary/aromatic N) is 2. The summed E-state index contributed by atoms with van der Waals surface area (Å²) in [6.07, 6.45) is 0.504. The van der Waals surface area contributed by atoms with Gasteiger partial charge in [0.05, 0.1) is 11.8 Å². The summed E-state index contributed by atoms with van der Waals surface area (Å²) >= 11 is 2.78. The Hall–Kier alpha value is -1.73. The Bertz CT molecular complexity index is 643. The minimum Gasteiger partial charge on any atom is -0.345 e. The van der Waals surface area contributed by atoms with E-state index in [1.807, 2.05) is 37.3 Å². The summed E-state index contributed by atoms with van der Waals surface area (Å²) < 4.78 is 0.759. The van der Waals surface area contributed by atoms with E-state index in [2.05, 4.69) is 15.5 Å². The van der Waals surface area contributed by atoms with Gasteiger partial charge < -0.3 is 5.32 Å². The molecule has 0 fully saturated rings. The normalized spacial score (nSPS) is 11.9. The topological polar surface area (TPSA) is 72.0 Å². The van der Waals surface area contributed by atoms with E-state index in [0.29, 0.717) is 6.42 Å². The molecule has 0 saturated heterocycles. The highest BCUT2D eigenvalue weighted by atomic mass is 32.2. The lowest BCUT2D eigenvalue weighted by Crippen LogP contribution is -2.42. The zero-order valence-electron chi connectivity index (χ0n) is 12.4. The number of ketones is 1. The van der Waals surface area contributed by atoms with E-state index < -0.39 is 6.04 Å². The lowest BCUT2D eigenvalue weighted by Gasteiger charge is -2.15. The Balaban J connectivity index is 1.87. The summed E-state index contributed by atoms with van der Waals surface area (Å²) in [6.45, 7) is 3.36. The third-order valence-electron chi connectivity index (χ3n) is 2.94. The van der Waals surface area contributed by atoms with Gasteiger partial charge in [-0.05, 0) is 25.8 Å². The highest BCUT2D eigenvalue weighted by molar-refractivity contribution is 8.01. The Morgan fingerprint density at radius 2 is 2.00 bits per heavy atom. The molecule has 7 heteroatoms. The molecule has 0 unspecified atom stereocenters. The molecule has 1 N–H and O–H groups in total. The van der Waals surface area contributed by atoms with Crippen LogP contribution in [0, 0.1) is 6.92 Å². The second-order valence-electron chi connectivity index (χ2n) is 4.80. The van der Waals surface area contributed by atoms with Gasteiger partial charge >= 0.3 is 0 Å². The number of Topliss-reactive ketones (excluding diaryl/α,β-unsaturated/α-hetero) is 1. The first-order chi connectivity index (χ1) is 10.5. The van der Waals surface area contributed by atoms with E-state index in [0.717, 1.165) is 14.9 Å². The molecule has 0 aliphatic carbocycles. The molecule has 1 aromatic carbocycles. The van der Waals surface area contributed by atoms with Gasteiger partial charge in [-0.1, -0.05) is 53.4 Å². The number of carbonyl (C=O) groups is 2. The van der Waals surface area contributed by atoms with Gasteiger partial charge in [-0.2, -0.15) is 0 Å². The van der Waals surface area contributed by atoms with Crippen LogP contribution in [-0.2, 0) is 16.0 Å². The number of aryl methyl sites for hydroxylation is 1. The zero-order chi connectivity index (χ0) is 15.9. The molecule has 1 aromatic heterocycles. The van der Waals surface area contributed by atoms with Gasteiger partial charge in [0.25, 0.3) is 0 Å². The molecule has 0 spiro atoms. The largest absolute Gasteiger partial charge is 0.345 e. The molecule has 0 radical (unpaired) electrons. The lowest BCUT2D eigenvalue weighted by molar-refractivity contribution is -0.125. The van der Waals surface area contributed by atoms with E-state index in [4.69, 9.17) is 0 Å². The monoisotopic (exact) mass is 335 g/mol. The third-order valence-corrected chi connectivity index (χ3v) is 4.91. The van der Waals surface area contributed by atoms with Gasteiger partial charge in [-0.3, -0.25) is 9.59 Å². The van der Waals surface area contributed by atoms with Crippen LogP contribution in [0.25, 0.3) is 0 Å². The highest BCUT2D eigenvalue weighted by Crippen LogP contribution is 2.21. The summed E-state index contributed by atoms with van der Waals surface area (Å²) in [5.41, 5.74) is 1.02. The molecule has 1 atom stereocenters. The van der Waals surface area contributed by atoms with E-state index >= 15 is 0 Å². The first-order valence-electron chi connectivity index (χ1n) is 6.81. The fourth-order valence-corrected chi connectivity index (χ4v) is 3.47. The molecule has 0 saturated carbocycles. The van der Waals surface area contributed by atoms with Crippen LogP contribution in [0.3, 0.4) is 0 Å².